The largest absolute Gasteiger partial charge is 0.507 e. The summed E-state index contributed by atoms with van der Waals surface area (Å²) in [5, 5.41) is 9.52. The van der Waals surface area contributed by atoms with Crippen molar-refractivity contribution in [1.82, 2.24) is 0 Å². The number of aromatic hydroxyl groups is 1. The number of hydrogen-bond acceptors (Lipinski definition) is 3. The molecule has 0 fully saturated rings. The highest BCUT2D eigenvalue weighted by molar-refractivity contribution is 5.41. The van der Waals surface area contributed by atoms with Crippen LogP contribution in [0.5, 0.6) is 5.75 Å². The monoisotopic (exact) mass is 184 g/mol. The summed E-state index contributed by atoms with van der Waals surface area (Å²) in [6.07, 6.45) is 0. The Hall–Kier alpha value is -1.13. The summed E-state index contributed by atoms with van der Waals surface area (Å²) < 4.78 is 12.9. The second-order valence-corrected chi connectivity index (χ2v) is 3.00. The summed E-state index contributed by atoms with van der Waals surface area (Å²) in [4.78, 5) is 0. The van der Waals surface area contributed by atoms with Crippen LogP contribution in [0.3, 0.4) is 0 Å². The van der Waals surface area contributed by atoms with E-state index in [1.54, 1.807) is 6.92 Å². The molecule has 0 aliphatic carbocycles. The lowest BCUT2D eigenvalue weighted by molar-refractivity contribution is 0.454. The first-order valence-corrected chi connectivity index (χ1v) is 4.01. The van der Waals surface area contributed by atoms with Crippen molar-refractivity contribution in [2.24, 2.45) is 11.5 Å². The van der Waals surface area contributed by atoms with Crippen LogP contribution in [0, 0.1) is 12.7 Å². The number of aryl methyl sites for hydroxylation is 1. The van der Waals surface area contributed by atoms with E-state index in [0.29, 0.717) is 11.1 Å². The van der Waals surface area contributed by atoms with E-state index < -0.39 is 11.9 Å². The molecule has 0 spiro atoms. The van der Waals surface area contributed by atoms with E-state index in [0.717, 1.165) is 0 Å². The first-order valence-electron chi connectivity index (χ1n) is 4.01. The third-order valence-corrected chi connectivity index (χ3v) is 1.95. The molecule has 5 N–H and O–H groups in total. The Bertz CT molecular complexity index is 315. The second kappa shape index (κ2) is 3.72. The number of benzene rings is 1. The maximum absolute atomic E-state index is 12.9. The summed E-state index contributed by atoms with van der Waals surface area (Å²) in [6.45, 7) is 1.79. The lowest BCUT2D eigenvalue weighted by Gasteiger charge is -2.12. The quantitative estimate of drug-likeness (QED) is 0.636. The molecule has 3 nitrogen and oxygen atoms in total. The van der Waals surface area contributed by atoms with Gasteiger partial charge in [-0.3, -0.25) is 0 Å². The Morgan fingerprint density at radius 2 is 2.15 bits per heavy atom. The lowest BCUT2D eigenvalue weighted by atomic mass is 10.0. The zero-order chi connectivity index (χ0) is 10.0. The molecule has 1 rings (SSSR count). The van der Waals surface area contributed by atoms with E-state index in [4.69, 9.17) is 11.5 Å². The van der Waals surface area contributed by atoms with Gasteiger partial charge in [0.25, 0.3) is 0 Å². The van der Waals surface area contributed by atoms with Crippen LogP contribution in [0.2, 0.25) is 0 Å². The van der Waals surface area contributed by atoms with Gasteiger partial charge in [-0.05, 0) is 24.6 Å². The van der Waals surface area contributed by atoms with E-state index in [-0.39, 0.29) is 12.3 Å². The van der Waals surface area contributed by atoms with Gasteiger partial charge in [-0.2, -0.15) is 0 Å². The highest BCUT2D eigenvalue weighted by Gasteiger charge is 2.12. The molecule has 0 saturated heterocycles. The molecule has 0 heterocycles. The minimum atomic E-state index is -0.519. The van der Waals surface area contributed by atoms with Gasteiger partial charge in [-0.15, -0.1) is 0 Å². The van der Waals surface area contributed by atoms with Gasteiger partial charge in [-0.1, -0.05) is 0 Å². The summed E-state index contributed by atoms with van der Waals surface area (Å²) >= 11 is 0. The van der Waals surface area contributed by atoms with Gasteiger partial charge < -0.3 is 16.6 Å². The van der Waals surface area contributed by atoms with Gasteiger partial charge in [-0.25, -0.2) is 4.39 Å². The van der Waals surface area contributed by atoms with Crippen molar-refractivity contribution in [2.75, 3.05) is 6.54 Å². The first-order chi connectivity index (χ1) is 6.06. The van der Waals surface area contributed by atoms with Crippen molar-refractivity contribution < 1.29 is 9.50 Å². The molecule has 0 bridgehead atoms. The summed E-state index contributed by atoms with van der Waals surface area (Å²) in [5.41, 5.74) is 11.7. The van der Waals surface area contributed by atoms with E-state index in [9.17, 15) is 9.50 Å². The van der Waals surface area contributed by atoms with Gasteiger partial charge in [0, 0.05) is 18.2 Å². The van der Waals surface area contributed by atoms with Gasteiger partial charge in [0.1, 0.15) is 11.6 Å². The highest BCUT2D eigenvalue weighted by Crippen LogP contribution is 2.27. The highest BCUT2D eigenvalue weighted by atomic mass is 19.1. The predicted molar refractivity (Wildman–Crippen MR) is 48.8 cm³/mol. The van der Waals surface area contributed by atoms with Crippen molar-refractivity contribution in [2.45, 2.75) is 13.0 Å². The zero-order valence-corrected chi connectivity index (χ0v) is 7.42. The van der Waals surface area contributed by atoms with E-state index >= 15 is 0 Å². The summed E-state index contributed by atoms with van der Waals surface area (Å²) in [5.74, 6) is -0.381. The fraction of sp³-hybridized carbons (Fsp3) is 0.333. The lowest BCUT2D eigenvalue weighted by Crippen LogP contribution is -2.21. The maximum Gasteiger partial charge on any atom is 0.124 e. The van der Waals surface area contributed by atoms with E-state index in [1.165, 1.54) is 12.1 Å². The van der Waals surface area contributed by atoms with E-state index in [1.807, 2.05) is 0 Å². The number of halogens is 1. The molecule has 4 heteroatoms. The number of phenolic OH excluding ortho intramolecular Hbond substituents is 1. The van der Waals surface area contributed by atoms with Gasteiger partial charge in [0.2, 0.25) is 0 Å². The third-order valence-electron chi connectivity index (χ3n) is 1.95. The summed E-state index contributed by atoms with van der Waals surface area (Å²) in [6, 6.07) is 1.94. The van der Waals surface area contributed by atoms with Gasteiger partial charge in [0.15, 0.2) is 0 Å². The third kappa shape index (κ3) is 1.96. The average molecular weight is 184 g/mol. The smallest absolute Gasteiger partial charge is 0.124 e. The van der Waals surface area contributed by atoms with Crippen LogP contribution in [0.15, 0.2) is 12.1 Å². The van der Waals surface area contributed by atoms with E-state index in [2.05, 4.69) is 0 Å². The predicted octanol–water partition coefficient (Wildman–Crippen LogP) is 0.798. The fourth-order valence-corrected chi connectivity index (χ4v) is 1.17. The minimum absolute atomic E-state index is 0.0272. The molecule has 0 aliphatic rings. The van der Waals surface area contributed by atoms with Crippen LogP contribution in [-0.2, 0) is 0 Å². The second-order valence-electron chi connectivity index (χ2n) is 3.00. The molecule has 0 radical (unpaired) electrons. The zero-order valence-electron chi connectivity index (χ0n) is 7.42. The van der Waals surface area contributed by atoms with Crippen molar-refractivity contribution >= 4 is 0 Å². The van der Waals surface area contributed by atoms with Gasteiger partial charge in [0.05, 0.1) is 0 Å². The van der Waals surface area contributed by atoms with Gasteiger partial charge >= 0.3 is 0 Å². The summed E-state index contributed by atoms with van der Waals surface area (Å²) in [7, 11) is 0. The molecule has 0 amide bonds. The Labute approximate surface area is 76.2 Å². The van der Waals surface area contributed by atoms with Crippen LogP contribution in [0.25, 0.3) is 0 Å². The number of nitrogens with two attached hydrogens (primary N) is 2. The molecule has 0 aromatic heterocycles. The SMILES string of the molecule is Cc1cc(F)cc([C@@H](N)CN)c1O. The van der Waals surface area contributed by atoms with Crippen LogP contribution in [0.1, 0.15) is 17.2 Å². The molecule has 0 saturated carbocycles. The van der Waals surface area contributed by atoms with Crippen LogP contribution >= 0.6 is 0 Å². The van der Waals surface area contributed by atoms with Crippen LogP contribution in [-0.4, -0.2) is 11.7 Å². The fourth-order valence-electron chi connectivity index (χ4n) is 1.17. The van der Waals surface area contributed by atoms with Crippen LogP contribution in [0.4, 0.5) is 4.39 Å². The molecule has 1 aromatic carbocycles. The molecule has 1 atom stereocenters. The molecule has 0 unspecified atom stereocenters. The Morgan fingerprint density at radius 1 is 1.54 bits per heavy atom. The van der Waals surface area contributed by atoms with Crippen LogP contribution < -0.4 is 11.5 Å². The van der Waals surface area contributed by atoms with Crippen molar-refractivity contribution in [3.8, 4) is 5.75 Å². The topological polar surface area (TPSA) is 72.3 Å². The molecule has 72 valence electrons. The molecule has 1 aromatic rings. The first kappa shape index (κ1) is 9.95. The molecule has 0 aliphatic heterocycles. The average Bonchev–Trinajstić information content (AvgIpc) is 2.10. The normalized spacial score (nSPS) is 12.9. The Balaban J connectivity index is 3.20. The molecular formula is C9H13FN2O. The maximum atomic E-state index is 12.9. The number of rotatable bonds is 2. The minimum Gasteiger partial charge on any atom is -0.507 e. The van der Waals surface area contributed by atoms with Crippen molar-refractivity contribution in [3.05, 3.63) is 29.1 Å². The Kier molecular flexibility index (Phi) is 2.85. The molecular weight excluding hydrogens is 171 g/mol. The Morgan fingerprint density at radius 3 is 2.69 bits per heavy atom. The van der Waals surface area contributed by atoms with Crippen molar-refractivity contribution in [3.63, 3.8) is 0 Å². The standard InChI is InChI=1S/C9H13FN2O/c1-5-2-6(10)3-7(9(5)13)8(12)4-11/h2-3,8,13H,4,11-12H2,1H3/t8-/m0/s1. The van der Waals surface area contributed by atoms with Crippen molar-refractivity contribution in [1.29, 1.82) is 0 Å². The molecule has 13 heavy (non-hydrogen) atoms. The number of hydrogen-bond donors (Lipinski definition) is 3. The number of phenols is 1.